The van der Waals surface area contributed by atoms with Crippen molar-refractivity contribution in [3.63, 3.8) is 0 Å². The Labute approximate surface area is 194 Å². The van der Waals surface area contributed by atoms with Crippen molar-refractivity contribution in [1.29, 1.82) is 0 Å². The number of piperidine rings is 1. The maximum absolute atomic E-state index is 5.83. The lowest BCUT2D eigenvalue weighted by Crippen LogP contribution is -2.33. The summed E-state index contributed by atoms with van der Waals surface area (Å²) in [6, 6.07) is 14.8. The molecule has 2 aliphatic heterocycles. The predicted molar refractivity (Wildman–Crippen MR) is 127 cm³/mol. The van der Waals surface area contributed by atoms with Crippen LogP contribution in [0.4, 0.5) is 0 Å². The number of nitrogens with zero attached hydrogens (tertiary/aromatic N) is 5. The Hall–Kier alpha value is -2.22. The van der Waals surface area contributed by atoms with E-state index in [1.807, 2.05) is 18.5 Å². The fourth-order valence-electron chi connectivity index (χ4n) is 4.67. The van der Waals surface area contributed by atoms with Crippen LogP contribution >= 0.6 is 11.8 Å². The van der Waals surface area contributed by atoms with Gasteiger partial charge in [0.15, 0.2) is 5.16 Å². The molecule has 2 fully saturated rings. The molecule has 3 aromatic rings. The SMILES string of the molecule is c1ccc(Cn2c(SCC3CCCO3)nnc2C2CCN(Cc3cccnc3)CC2)cc1. The van der Waals surface area contributed by atoms with Crippen LogP contribution in [0.3, 0.4) is 0 Å². The topological polar surface area (TPSA) is 56.1 Å². The molecule has 0 N–H and O–H groups in total. The van der Waals surface area contributed by atoms with Crippen molar-refractivity contribution in [2.24, 2.45) is 0 Å². The number of pyridine rings is 1. The molecule has 0 saturated carbocycles. The smallest absolute Gasteiger partial charge is 0.191 e. The Morgan fingerprint density at radius 3 is 2.53 bits per heavy atom. The molecule has 32 heavy (non-hydrogen) atoms. The molecule has 1 atom stereocenters. The highest BCUT2D eigenvalue weighted by Gasteiger charge is 2.27. The van der Waals surface area contributed by atoms with E-state index < -0.39 is 0 Å². The molecule has 1 aromatic carbocycles. The highest BCUT2D eigenvalue weighted by atomic mass is 32.2. The Balaban J connectivity index is 1.28. The second-order valence-electron chi connectivity index (χ2n) is 8.77. The van der Waals surface area contributed by atoms with E-state index >= 15 is 0 Å². The minimum atomic E-state index is 0.348. The average Bonchev–Trinajstić information content (AvgIpc) is 3.50. The maximum Gasteiger partial charge on any atom is 0.191 e. The van der Waals surface area contributed by atoms with Crippen molar-refractivity contribution in [3.8, 4) is 0 Å². The zero-order chi connectivity index (χ0) is 21.6. The van der Waals surface area contributed by atoms with Crippen molar-refractivity contribution in [2.45, 2.75) is 56.0 Å². The first-order chi connectivity index (χ1) is 15.8. The molecule has 168 valence electrons. The molecule has 0 aliphatic carbocycles. The van der Waals surface area contributed by atoms with Crippen molar-refractivity contribution >= 4 is 11.8 Å². The highest BCUT2D eigenvalue weighted by Crippen LogP contribution is 2.31. The third-order valence-electron chi connectivity index (χ3n) is 6.43. The van der Waals surface area contributed by atoms with Crippen molar-refractivity contribution < 1.29 is 4.74 Å². The number of aromatic nitrogens is 4. The summed E-state index contributed by atoms with van der Waals surface area (Å²) in [4.78, 5) is 6.78. The summed E-state index contributed by atoms with van der Waals surface area (Å²) in [6.45, 7) is 4.85. The third-order valence-corrected chi connectivity index (χ3v) is 7.53. The lowest BCUT2D eigenvalue weighted by Gasteiger charge is -2.31. The van der Waals surface area contributed by atoms with Gasteiger partial charge in [-0.1, -0.05) is 48.2 Å². The van der Waals surface area contributed by atoms with Gasteiger partial charge in [-0.15, -0.1) is 10.2 Å². The number of thioether (sulfide) groups is 1. The molecular formula is C25H31N5OS. The second-order valence-corrected chi connectivity index (χ2v) is 9.76. The molecule has 0 spiro atoms. The van der Waals surface area contributed by atoms with Gasteiger partial charge < -0.3 is 9.30 Å². The van der Waals surface area contributed by atoms with E-state index in [4.69, 9.17) is 9.84 Å². The first-order valence-electron chi connectivity index (χ1n) is 11.7. The summed E-state index contributed by atoms with van der Waals surface area (Å²) in [5.41, 5.74) is 2.58. The van der Waals surface area contributed by atoms with Gasteiger partial charge in [0, 0.05) is 37.2 Å². The Morgan fingerprint density at radius 1 is 0.938 bits per heavy atom. The molecule has 7 heteroatoms. The van der Waals surface area contributed by atoms with E-state index in [0.717, 1.165) is 68.8 Å². The van der Waals surface area contributed by atoms with Gasteiger partial charge >= 0.3 is 0 Å². The first-order valence-corrected chi connectivity index (χ1v) is 12.7. The Bertz CT molecular complexity index is 967. The van der Waals surface area contributed by atoms with Gasteiger partial charge in [-0.05, 0) is 56.0 Å². The van der Waals surface area contributed by atoms with Crippen LogP contribution in [0.5, 0.6) is 0 Å². The van der Waals surface area contributed by atoms with Gasteiger partial charge in [0.2, 0.25) is 0 Å². The minimum absolute atomic E-state index is 0.348. The number of likely N-dealkylation sites (tertiary alicyclic amines) is 1. The average molecular weight is 450 g/mol. The van der Waals surface area contributed by atoms with Crippen molar-refractivity contribution in [1.82, 2.24) is 24.6 Å². The number of ether oxygens (including phenoxy) is 1. The van der Waals surface area contributed by atoms with Gasteiger partial charge in [-0.25, -0.2) is 0 Å². The van der Waals surface area contributed by atoms with E-state index in [-0.39, 0.29) is 0 Å². The largest absolute Gasteiger partial charge is 0.377 e. The number of hydrogen-bond acceptors (Lipinski definition) is 6. The summed E-state index contributed by atoms with van der Waals surface area (Å²) >= 11 is 1.80. The van der Waals surface area contributed by atoms with Gasteiger partial charge in [0.1, 0.15) is 5.82 Å². The second kappa shape index (κ2) is 10.6. The molecular weight excluding hydrogens is 418 g/mol. The quantitative estimate of drug-likeness (QED) is 0.476. The van der Waals surface area contributed by atoms with E-state index in [2.05, 4.69) is 55.9 Å². The predicted octanol–water partition coefficient (Wildman–Crippen LogP) is 4.37. The Morgan fingerprint density at radius 2 is 1.78 bits per heavy atom. The molecule has 0 radical (unpaired) electrons. The standard InChI is InChI=1S/C25H31N5OS/c1-2-6-20(7-3-1)18-30-24(27-28-25(30)32-19-23-9-5-15-31-23)22-10-13-29(14-11-22)17-21-8-4-12-26-16-21/h1-4,6-8,12,16,22-23H,5,9-11,13-15,17-19H2. The molecule has 5 rings (SSSR count). The van der Waals surface area contributed by atoms with Crippen molar-refractivity contribution in [2.75, 3.05) is 25.4 Å². The molecule has 0 amide bonds. The van der Waals surface area contributed by atoms with E-state index in [9.17, 15) is 0 Å². The van der Waals surface area contributed by atoms with Crippen LogP contribution in [0.1, 0.15) is 48.6 Å². The Kier molecular flexibility index (Phi) is 7.16. The van der Waals surface area contributed by atoms with E-state index in [0.29, 0.717) is 12.0 Å². The molecule has 1 unspecified atom stereocenters. The summed E-state index contributed by atoms with van der Waals surface area (Å²) in [7, 11) is 0. The van der Waals surface area contributed by atoms with Gasteiger partial charge in [-0.2, -0.15) is 0 Å². The minimum Gasteiger partial charge on any atom is -0.377 e. The van der Waals surface area contributed by atoms with E-state index in [1.54, 1.807) is 11.8 Å². The van der Waals surface area contributed by atoms with Crippen LogP contribution in [0.15, 0.2) is 60.0 Å². The number of rotatable bonds is 8. The lowest BCUT2D eigenvalue weighted by molar-refractivity contribution is 0.129. The first kappa shape index (κ1) is 21.6. The van der Waals surface area contributed by atoms with Crippen LogP contribution in [0.25, 0.3) is 0 Å². The zero-order valence-corrected chi connectivity index (χ0v) is 19.3. The molecule has 2 aliphatic rings. The molecule has 2 aromatic heterocycles. The normalized spacial score (nSPS) is 20.1. The number of hydrogen-bond donors (Lipinski definition) is 0. The van der Waals surface area contributed by atoms with Crippen LogP contribution in [-0.2, 0) is 17.8 Å². The molecule has 4 heterocycles. The zero-order valence-electron chi connectivity index (χ0n) is 18.5. The van der Waals surface area contributed by atoms with Gasteiger partial charge in [-0.3, -0.25) is 9.88 Å². The highest BCUT2D eigenvalue weighted by molar-refractivity contribution is 7.99. The third kappa shape index (κ3) is 5.39. The molecule has 6 nitrogen and oxygen atoms in total. The fraction of sp³-hybridized carbons (Fsp3) is 0.480. The lowest BCUT2D eigenvalue weighted by atomic mass is 9.95. The summed E-state index contributed by atoms with van der Waals surface area (Å²) in [5, 5.41) is 10.4. The molecule has 2 saturated heterocycles. The van der Waals surface area contributed by atoms with E-state index in [1.165, 1.54) is 17.5 Å². The summed E-state index contributed by atoms with van der Waals surface area (Å²) in [6.07, 6.45) is 8.71. The van der Waals surface area contributed by atoms with Crippen LogP contribution in [0.2, 0.25) is 0 Å². The summed E-state index contributed by atoms with van der Waals surface area (Å²) < 4.78 is 8.19. The monoisotopic (exact) mass is 449 g/mol. The van der Waals surface area contributed by atoms with Crippen molar-refractivity contribution in [3.05, 3.63) is 71.8 Å². The van der Waals surface area contributed by atoms with Crippen LogP contribution in [0, 0.1) is 0 Å². The fourth-order valence-corrected chi connectivity index (χ4v) is 5.68. The maximum atomic E-state index is 5.83. The van der Waals surface area contributed by atoms with Gasteiger partial charge in [0.25, 0.3) is 0 Å². The number of benzene rings is 1. The summed E-state index contributed by atoms with van der Waals surface area (Å²) in [5.74, 6) is 2.55. The van der Waals surface area contributed by atoms with Gasteiger partial charge in [0.05, 0.1) is 12.6 Å². The van der Waals surface area contributed by atoms with Crippen LogP contribution < -0.4 is 0 Å². The van der Waals surface area contributed by atoms with Crippen LogP contribution in [-0.4, -0.2) is 56.2 Å². The molecule has 0 bridgehead atoms.